The Morgan fingerprint density at radius 1 is 1.41 bits per heavy atom. The molecule has 1 aliphatic rings. The molecule has 1 amide bonds. The van der Waals surface area contributed by atoms with E-state index in [1.54, 1.807) is 0 Å². The fourth-order valence-electron chi connectivity index (χ4n) is 2.79. The SMILES string of the molecule is CC(=O)N[C@@H](Cc1cc(F)cc(F)c1)[C@@H](O)[C@H]1C[C@@H](O)CN1. The predicted octanol–water partition coefficient (Wildman–Crippen LogP) is 0.0957. The van der Waals surface area contributed by atoms with Crippen LogP contribution in [0.1, 0.15) is 18.9 Å². The van der Waals surface area contributed by atoms with Crippen LogP contribution in [0.3, 0.4) is 0 Å². The molecule has 0 unspecified atom stereocenters. The van der Waals surface area contributed by atoms with Crippen molar-refractivity contribution < 1.29 is 23.8 Å². The van der Waals surface area contributed by atoms with Gasteiger partial charge in [0.05, 0.1) is 18.2 Å². The summed E-state index contributed by atoms with van der Waals surface area (Å²) in [4.78, 5) is 11.3. The minimum Gasteiger partial charge on any atom is -0.392 e. The molecule has 122 valence electrons. The highest BCUT2D eigenvalue weighted by Gasteiger charge is 2.33. The molecule has 4 N–H and O–H groups in total. The maximum atomic E-state index is 13.3. The summed E-state index contributed by atoms with van der Waals surface area (Å²) in [6.45, 7) is 1.67. The lowest BCUT2D eigenvalue weighted by Gasteiger charge is -2.28. The molecule has 1 heterocycles. The highest BCUT2D eigenvalue weighted by molar-refractivity contribution is 5.73. The van der Waals surface area contributed by atoms with Crippen LogP contribution in [0.4, 0.5) is 8.78 Å². The Hall–Kier alpha value is -1.57. The summed E-state index contributed by atoms with van der Waals surface area (Å²) in [5, 5.41) is 25.5. The monoisotopic (exact) mass is 314 g/mol. The number of nitrogens with one attached hydrogen (secondary N) is 2. The summed E-state index contributed by atoms with van der Waals surface area (Å²) in [5.41, 5.74) is 0.342. The van der Waals surface area contributed by atoms with Gasteiger partial charge in [-0.1, -0.05) is 0 Å². The van der Waals surface area contributed by atoms with E-state index in [0.717, 1.165) is 6.07 Å². The summed E-state index contributed by atoms with van der Waals surface area (Å²) in [7, 11) is 0. The molecule has 1 aromatic carbocycles. The number of halogens is 2. The van der Waals surface area contributed by atoms with E-state index in [0.29, 0.717) is 18.5 Å². The Labute approximate surface area is 127 Å². The van der Waals surface area contributed by atoms with Crippen molar-refractivity contribution in [3.8, 4) is 0 Å². The van der Waals surface area contributed by atoms with Crippen LogP contribution in [-0.4, -0.2) is 47.0 Å². The van der Waals surface area contributed by atoms with Gasteiger partial charge in [0.2, 0.25) is 5.91 Å². The molecule has 7 heteroatoms. The molecule has 0 bridgehead atoms. The molecule has 2 rings (SSSR count). The largest absolute Gasteiger partial charge is 0.392 e. The van der Waals surface area contributed by atoms with E-state index in [1.165, 1.54) is 19.1 Å². The van der Waals surface area contributed by atoms with E-state index in [9.17, 15) is 23.8 Å². The maximum absolute atomic E-state index is 13.3. The Balaban J connectivity index is 2.13. The number of benzene rings is 1. The minimum absolute atomic E-state index is 0.0870. The molecular formula is C15H20F2N2O3. The minimum atomic E-state index is -0.979. The zero-order valence-corrected chi connectivity index (χ0v) is 12.2. The number of aliphatic hydroxyl groups is 2. The van der Waals surface area contributed by atoms with Crippen LogP contribution in [0.25, 0.3) is 0 Å². The molecule has 22 heavy (non-hydrogen) atoms. The fraction of sp³-hybridized carbons (Fsp3) is 0.533. The van der Waals surface area contributed by atoms with Crippen LogP contribution < -0.4 is 10.6 Å². The van der Waals surface area contributed by atoms with Crippen LogP contribution in [0.5, 0.6) is 0 Å². The number of β-amino-alcohol motifs (C(OH)–C–C–N with tert-alkyl or cyclic N) is 1. The Bertz CT molecular complexity index is 521. The van der Waals surface area contributed by atoms with Gasteiger partial charge in [0.1, 0.15) is 11.6 Å². The topological polar surface area (TPSA) is 81.6 Å². The van der Waals surface area contributed by atoms with E-state index < -0.39 is 29.9 Å². The Morgan fingerprint density at radius 3 is 2.55 bits per heavy atom. The van der Waals surface area contributed by atoms with Crippen molar-refractivity contribution in [2.24, 2.45) is 0 Å². The third-order valence-corrected chi connectivity index (χ3v) is 3.73. The lowest BCUT2D eigenvalue weighted by atomic mass is 9.95. The van der Waals surface area contributed by atoms with Gasteiger partial charge in [-0.2, -0.15) is 0 Å². The van der Waals surface area contributed by atoms with E-state index in [1.807, 2.05) is 0 Å². The van der Waals surface area contributed by atoms with E-state index in [-0.39, 0.29) is 18.4 Å². The summed E-state index contributed by atoms with van der Waals surface area (Å²) in [5.74, 6) is -1.76. The van der Waals surface area contributed by atoms with Gasteiger partial charge in [-0.05, 0) is 30.5 Å². The van der Waals surface area contributed by atoms with Crippen LogP contribution in [0.2, 0.25) is 0 Å². The molecular weight excluding hydrogens is 294 g/mol. The number of rotatable bonds is 5. The number of aliphatic hydroxyl groups excluding tert-OH is 2. The normalized spacial score (nSPS) is 24.0. The smallest absolute Gasteiger partial charge is 0.217 e. The zero-order chi connectivity index (χ0) is 16.3. The van der Waals surface area contributed by atoms with Gasteiger partial charge >= 0.3 is 0 Å². The number of amides is 1. The Morgan fingerprint density at radius 2 is 2.05 bits per heavy atom. The third-order valence-electron chi connectivity index (χ3n) is 3.73. The zero-order valence-electron chi connectivity index (χ0n) is 12.2. The van der Waals surface area contributed by atoms with Crippen molar-refractivity contribution in [2.45, 2.75) is 44.1 Å². The maximum Gasteiger partial charge on any atom is 0.217 e. The van der Waals surface area contributed by atoms with Gasteiger partial charge in [0.15, 0.2) is 0 Å². The number of carbonyl (C=O) groups excluding carboxylic acids is 1. The summed E-state index contributed by atoms with van der Waals surface area (Å²) < 4.78 is 26.5. The molecule has 5 nitrogen and oxygen atoms in total. The van der Waals surface area contributed by atoms with Gasteiger partial charge in [0.25, 0.3) is 0 Å². The molecule has 0 spiro atoms. The van der Waals surface area contributed by atoms with Crippen LogP contribution in [0, 0.1) is 11.6 Å². The lowest BCUT2D eigenvalue weighted by Crippen LogP contribution is -2.51. The fourth-order valence-corrected chi connectivity index (χ4v) is 2.79. The van der Waals surface area contributed by atoms with Gasteiger partial charge in [-0.15, -0.1) is 0 Å². The molecule has 1 saturated heterocycles. The summed E-state index contributed by atoms with van der Waals surface area (Å²) >= 11 is 0. The quantitative estimate of drug-likeness (QED) is 0.621. The first kappa shape index (κ1) is 16.8. The van der Waals surface area contributed by atoms with Crippen molar-refractivity contribution >= 4 is 5.91 Å². The predicted molar refractivity (Wildman–Crippen MR) is 76.1 cm³/mol. The van der Waals surface area contributed by atoms with E-state index in [4.69, 9.17) is 0 Å². The second-order valence-electron chi connectivity index (χ2n) is 5.68. The average Bonchev–Trinajstić information content (AvgIpc) is 2.82. The molecule has 0 radical (unpaired) electrons. The van der Waals surface area contributed by atoms with E-state index >= 15 is 0 Å². The molecule has 0 saturated carbocycles. The van der Waals surface area contributed by atoms with E-state index in [2.05, 4.69) is 10.6 Å². The molecule has 1 aromatic rings. The van der Waals surface area contributed by atoms with Crippen LogP contribution in [0.15, 0.2) is 18.2 Å². The number of carbonyl (C=O) groups is 1. The van der Waals surface area contributed by atoms with Crippen molar-refractivity contribution in [1.29, 1.82) is 0 Å². The first-order valence-corrected chi connectivity index (χ1v) is 7.16. The van der Waals surface area contributed by atoms with Gasteiger partial charge in [-0.3, -0.25) is 4.79 Å². The van der Waals surface area contributed by atoms with Crippen molar-refractivity contribution in [3.63, 3.8) is 0 Å². The first-order valence-electron chi connectivity index (χ1n) is 7.16. The Kier molecular flexibility index (Phi) is 5.44. The lowest BCUT2D eigenvalue weighted by molar-refractivity contribution is -0.120. The standard InChI is InChI=1S/C15H20F2N2O3/c1-8(20)19-14(15(22)13-6-12(21)7-18-13)4-9-2-10(16)5-11(17)3-9/h2-3,5,12-15,18,21-22H,4,6-7H2,1H3,(H,19,20)/t12-,13-,14+,15+/m1/s1. The molecule has 1 aliphatic heterocycles. The number of hydrogen-bond acceptors (Lipinski definition) is 4. The van der Waals surface area contributed by atoms with Crippen molar-refractivity contribution in [3.05, 3.63) is 35.4 Å². The number of hydrogen-bond donors (Lipinski definition) is 4. The summed E-state index contributed by atoms with van der Waals surface area (Å²) in [6, 6.07) is 2.01. The molecule has 0 aliphatic carbocycles. The average molecular weight is 314 g/mol. The highest BCUT2D eigenvalue weighted by atomic mass is 19.1. The van der Waals surface area contributed by atoms with Gasteiger partial charge in [0, 0.05) is 25.6 Å². The molecule has 4 atom stereocenters. The molecule has 1 fully saturated rings. The van der Waals surface area contributed by atoms with Crippen LogP contribution >= 0.6 is 0 Å². The first-order chi connectivity index (χ1) is 10.3. The van der Waals surface area contributed by atoms with Crippen molar-refractivity contribution in [2.75, 3.05) is 6.54 Å². The third kappa shape index (κ3) is 4.46. The highest BCUT2D eigenvalue weighted by Crippen LogP contribution is 2.17. The second kappa shape index (κ2) is 7.13. The second-order valence-corrected chi connectivity index (χ2v) is 5.68. The van der Waals surface area contributed by atoms with Gasteiger partial charge < -0.3 is 20.8 Å². The van der Waals surface area contributed by atoms with Crippen molar-refractivity contribution in [1.82, 2.24) is 10.6 Å². The van der Waals surface area contributed by atoms with Crippen LogP contribution in [-0.2, 0) is 11.2 Å². The summed E-state index contributed by atoms with van der Waals surface area (Å²) in [6.07, 6.45) is -1.09. The van der Waals surface area contributed by atoms with Gasteiger partial charge in [-0.25, -0.2) is 8.78 Å². The molecule has 0 aromatic heterocycles.